The summed E-state index contributed by atoms with van der Waals surface area (Å²) in [5, 5.41) is 21.0. The van der Waals surface area contributed by atoms with Gasteiger partial charge in [0.2, 0.25) is 5.69 Å². The van der Waals surface area contributed by atoms with Crippen molar-refractivity contribution in [2.45, 2.75) is 33.3 Å². The highest BCUT2D eigenvalue weighted by Crippen LogP contribution is 2.23. The summed E-state index contributed by atoms with van der Waals surface area (Å²) in [4.78, 5) is 34.7. The van der Waals surface area contributed by atoms with Crippen LogP contribution in [0.5, 0.6) is 0 Å². The van der Waals surface area contributed by atoms with Crippen molar-refractivity contribution in [3.63, 3.8) is 0 Å². The van der Waals surface area contributed by atoms with E-state index >= 15 is 0 Å². The van der Waals surface area contributed by atoms with Crippen molar-refractivity contribution in [2.24, 2.45) is 0 Å². The molecule has 1 N–H and O–H groups in total. The quantitative estimate of drug-likeness (QED) is 0.477. The molecule has 0 saturated carbocycles. The normalized spacial score (nSPS) is 11.0. The molecule has 0 radical (unpaired) electrons. The predicted octanol–water partition coefficient (Wildman–Crippen LogP) is 2.70. The fraction of sp³-hybridized carbons (Fsp3) is 0.375. The number of nitro groups is 1. The molecular formula is C16H19N5O6. The van der Waals surface area contributed by atoms with Crippen LogP contribution in [0.3, 0.4) is 0 Å². The lowest BCUT2D eigenvalue weighted by molar-refractivity contribution is -0.384. The second kappa shape index (κ2) is 7.81. The van der Waals surface area contributed by atoms with Crippen molar-refractivity contribution in [2.75, 3.05) is 11.9 Å². The molecule has 0 unspecified atom stereocenters. The third kappa shape index (κ3) is 5.00. The molecule has 0 fully saturated rings. The van der Waals surface area contributed by atoms with Crippen LogP contribution in [0.25, 0.3) is 5.69 Å². The van der Waals surface area contributed by atoms with E-state index in [1.54, 1.807) is 27.7 Å². The molecule has 2 aromatic rings. The number of hydrogen-bond acceptors (Lipinski definition) is 8. The van der Waals surface area contributed by atoms with Gasteiger partial charge in [-0.2, -0.15) is 4.68 Å². The predicted molar refractivity (Wildman–Crippen MR) is 93.8 cm³/mol. The first-order valence-electron chi connectivity index (χ1n) is 8.00. The van der Waals surface area contributed by atoms with E-state index in [1.165, 1.54) is 24.3 Å². The van der Waals surface area contributed by atoms with Gasteiger partial charge in [-0.05, 0) is 33.8 Å². The summed E-state index contributed by atoms with van der Waals surface area (Å²) < 4.78 is 11.2. The third-order valence-corrected chi connectivity index (χ3v) is 3.04. The van der Waals surface area contributed by atoms with Gasteiger partial charge < -0.3 is 9.47 Å². The van der Waals surface area contributed by atoms with E-state index in [0.717, 1.165) is 4.68 Å². The minimum absolute atomic E-state index is 0.0916. The molecule has 144 valence electrons. The molecule has 2 rings (SSSR count). The average Bonchev–Trinajstić information content (AvgIpc) is 2.96. The van der Waals surface area contributed by atoms with Gasteiger partial charge in [-0.1, -0.05) is 11.3 Å². The lowest BCUT2D eigenvalue weighted by Gasteiger charge is -2.20. The third-order valence-electron chi connectivity index (χ3n) is 3.04. The van der Waals surface area contributed by atoms with Crippen molar-refractivity contribution in [3.05, 3.63) is 40.1 Å². The number of hydrogen-bond donors (Lipinski definition) is 1. The van der Waals surface area contributed by atoms with Crippen molar-refractivity contribution in [3.8, 4) is 5.69 Å². The van der Waals surface area contributed by atoms with Gasteiger partial charge in [0.05, 0.1) is 17.2 Å². The number of carbonyl (C=O) groups excluding carboxylic acids is 2. The number of nitrogens with one attached hydrogen (secondary N) is 1. The summed E-state index contributed by atoms with van der Waals surface area (Å²) in [6.07, 6.45) is -0.845. The number of benzene rings is 1. The summed E-state index contributed by atoms with van der Waals surface area (Å²) in [6.45, 7) is 6.73. The highest BCUT2D eigenvalue weighted by atomic mass is 16.6. The Hall–Kier alpha value is -3.50. The van der Waals surface area contributed by atoms with Crippen molar-refractivity contribution < 1.29 is 24.0 Å². The molecule has 27 heavy (non-hydrogen) atoms. The first kappa shape index (κ1) is 19.8. The summed E-state index contributed by atoms with van der Waals surface area (Å²) in [6, 6.07) is 5.48. The molecule has 0 spiro atoms. The Balaban J connectivity index is 2.48. The molecule has 0 aliphatic heterocycles. The number of amides is 1. The van der Waals surface area contributed by atoms with Crippen LogP contribution in [-0.2, 0) is 9.47 Å². The number of non-ortho nitro benzene ring substituents is 1. The molecule has 11 heteroatoms. The van der Waals surface area contributed by atoms with E-state index in [9.17, 15) is 19.7 Å². The topological polar surface area (TPSA) is 138 Å². The van der Waals surface area contributed by atoms with Crippen LogP contribution in [0.2, 0.25) is 0 Å². The van der Waals surface area contributed by atoms with E-state index in [4.69, 9.17) is 9.47 Å². The molecule has 1 aromatic heterocycles. The zero-order valence-electron chi connectivity index (χ0n) is 15.3. The molecule has 0 saturated heterocycles. The molecule has 0 aliphatic rings. The summed E-state index contributed by atoms with van der Waals surface area (Å²) in [5.74, 6) is -0.927. The number of rotatable bonds is 5. The SMILES string of the molecule is CCOC(=O)c1nnn(-c2cccc([N+](=O)[O-])c2)c1NC(=O)OC(C)(C)C. The summed E-state index contributed by atoms with van der Waals surface area (Å²) in [7, 11) is 0. The van der Waals surface area contributed by atoms with E-state index in [2.05, 4.69) is 15.6 Å². The minimum atomic E-state index is -0.845. The smallest absolute Gasteiger partial charge is 0.413 e. The maximum absolute atomic E-state index is 12.2. The van der Waals surface area contributed by atoms with Crippen LogP contribution in [0, 0.1) is 10.1 Å². The molecule has 0 atom stereocenters. The van der Waals surface area contributed by atoms with Crippen molar-refractivity contribution in [1.82, 2.24) is 15.0 Å². The molecule has 11 nitrogen and oxygen atoms in total. The number of esters is 1. The molecule has 0 aliphatic carbocycles. The van der Waals surface area contributed by atoms with Gasteiger partial charge in [0, 0.05) is 12.1 Å². The Morgan fingerprint density at radius 2 is 2.04 bits per heavy atom. The fourth-order valence-electron chi connectivity index (χ4n) is 2.05. The van der Waals surface area contributed by atoms with Crippen LogP contribution in [0.15, 0.2) is 24.3 Å². The van der Waals surface area contributed by atoms with Gasteiger partial charge in [-0.25, -0.2) is 9.59 Å². The Morgan fingerprint density at radius 1 is 1.33 bits per heavy atom. The van der Waals surface area contributed by atoms with Crippen LogP contribution < -0.4 is 5.32 Å². The number of ether oxygens (including phenoxy) is 2. The van der Waals surface area contributed by atoms with Crippen LogP contribution in [-0.4, -0.2) is 44.2 Å². The van der Waals surface area contributed by atoms with Gasteiger partial charge >= 0.3 is 12.1 Å². The second-order valence-corrected chi connectivity index (χ2v) is 6.32. The molecule has 1 aromatic carbocycles. The highest BCUT2D eigenvalue weighted by molar-refractivity contribution is 5.97. The first-order chi connectivity index (χ1) is 12.6. The van der Waals surface area contributed by atoms with E-state index in [-0.39, 0.29) is 29.5 Å². The maximum atomic E-state index is 12.2. The molecule has 1 amide bonds. The number of anilines is 1. The zero-order valence-corrected chi connectivity index (χ0v) is 15.3. The fourth-order valence-corrected chi connectivity index (χ4v) is 2.05. The van der Waals surface area contributed by atoms with E-state index < -0.39 is 22.6 Å². The van der Waals surface area contributed by atoms with E-state index in [1.807, 2.05) is 0 Å². The lowest BCUT2D eigenvalue weighted by atomic mass is 10.2. The zero-order chi connectivity index (χ0) is 20.2. The Morgan fingerprint density at radius 3 is 2.63 bits per heavy atom. The van der Waals surface area contributed by atoms with Gasteiger partial charge in [0.25, 0.3) is 5.69 Å². The Bertz CT molecular complexity index is 870. The Labute approximate surface area is 154 Å². The second-order valence-electron chi connectivity index (χ2n) is 6.32. The number of aromatic nitrogens is 3. The van der Waals surface area contributed by atoms with Gasteiger partial charge in [-0.3, -0.25) is 15.4 Å². The monoisotopic (exact) mass is 377 g/mol. The number of carbonyl (C=O) groups is 2. The number of nitrogens with zero attached hydrogens (tertiary/aromatic N) is 4. The minimum Gasteiger partial charge on any atom is -0.461 e. The highest BCUT2D eigenvalue weighted by Gasteiger charge is 2.26. The lowest BCUT2D eigenvalue weighted by Crippen LogP contribution is -2.28. The molecular weight excluding hydrogens is 358 g/mol. The van der Waals surface area contributed by atoms with Gasteiger partial charge in [0.15, 0.2) is 5.82 Å². The summed E-state index contributed by atoms with van der Waals surface area (Å²) in [5.41, 5.74) is -1.01. The van der Waals surface area contributed by atoms with Crippen molar-refractivity contribution in [1.29, 1.82) is 0 Å². The average molecular weight is 377 g/mol. The van der Waals surface area contributed by atoms with E-state index in [0.29, 0.717) is 0 Å². The first-order valence-corrected chi connectivity index (χ1v) is 8.00. The molecule has 0 bridgehead atoms. The van der Waals surface area contributed by atoms with Crippen LogP contribution in [0.1, 0.15) is 38.2 Å². The largest absolute Gasteiger partial charge is 0.461 e. The maximum Gasteiger partial charge on any atom is 0.413 e. The van der Waals surface area contributed by atoms with Crippen molar-refractivity contribution >= 4 is 23.6 Å². The Kier molecular flexibility index (Phi) is 5.73. The van der Waals surface area contributed by atoms with Gasteiger partial charge in [-0.15, -0.1) is 5.10 Å². The summed E-state index contributed by atoms with van der Waals surface area (Å²) >= 11 is 0. The molecule has 1 heterocycles. The number of nitro benzene ring substituents is 1. The van der Waals surface area contributed by atoms with Gasteiger partial charge in [0.1, 0.15) is 5.60 Å². The standard InChI is InChI=1S/C16H19N5O6/c1-5-26-14(22)12-13(17-15(23)27-16(2,3)4)20(19-18-12)10-7-6-8-11(9-10)21(24)25/h6-9H,5H2,1-4H3,(H,17,23). The van der Waals surface area contributed by atoms with Crippen LogP contribution in [0.4, 0.5) is 16.3 Å². The van der Waals surface area contributed by atoms with Crippen LogP contribution >= 0.6 is 0 Å².